The predicted molar refractivity (Wildman–Crippen MR) is 117 cm³/mol. The number of anilines is 1. The van der Waals surface area contributed by atoms with Crippen molar-refractivity contribution in [2.45, 2.75) is 23.8 Å². The maximum atomic E-state index is 15.2. The molecule has 0 saturated carbocycles. The van der Waals surface area contributed by atoms with Crippen molar-refractivity contribution >= 4 is 37.6 Å². The number of alkyl halides is 2. The summed E-state index contributed by atoms with van der Waals surface area (Å²) in [6.07, 6.45) is 1.37. The Labute approximate surface area is 189 Å². The highest BCUT2D eigenvalue weighted by atomic mass is 32.2. The van der Waals surface area contributed by atoms with Crippen LogP contribution in [0.4, 0.5) is 18.3 Å². The van der Waals surface area contributed by atoms with Gasteiger partial charge in [0.1, 0.15) is 4.90 Å². The van der Waals surface area contributed by atoms with Crippen LogP contribution < -0.4 is 16.2 Å². The lowest BCUT2D eigenvalue weighted by atomic mass is 9.96. The van der Waals surface area contributed by atoms with Gasteiger partial charge in [-0.15, -0.1) is 11.3 Å². The fourth-order valence-electron chi connectivity index (χ4n) is 3.51. The van der Waals surface area contributed by atoms with Gasteiger partial charge in [0.2, 0.25) is 0 Å². The van der Waals surface area contributed by atoms with Crippen LogP contribution in [0.5, 0.6) is 0 Å². The summed E-state index contributed by atoms with van der Waals surface area (Å²) in [5.41, 5.74) is 4.21. The van der Waals surface area contributed by atoms with E-state index in [0.717, 1.165) is 22.0 Å². The lowest BCUT2D eigenvalue weighted by Gasteiger charge is -2.22. The zero-order valence-corrected chi connectivity index (χ0v) is 18.6. The van der Waals surface area contributed by atoms with Crippen LogP contribution in [-0.4, -0.2) is 24.5 Å². The molecule has 1 atom stereocenters. The molecule has 0 aliphatic carbocycles. The molecule has 2 aromatic heterocycles. The number of hydrogen-bond acceptors (Lipinski definition) is 7. The summed E-state index contributed by atoms with van der Waals surface area (Å²) >= 11 is 0.996. The van der Waals surface area contributed by atoms with Gasteiger partial charge in [0.05, 0.1) is 18.1 Å². The number of thiazole rings is 1. The highest BCUT2D eigenvalue weighted by Gasteiger charge is 2.34. The molecule has 33 heavy (non-hydrogen) atoms. The van der Waals surface area contributed by atoms with Gasteiger partial charge in [-0.2, -0.15) is 8.78 Å². The van der Waals surface area contributed by atoms with Crippen LogP contribution in [0.2, 0.25) is 0 Å². The van der Waals surface area contributed by atoms with E-state index in [1.54, 1.807) is 0 Å². The highest BCUT2D eigenvalue weighted by molar-refractivity contribution is 7.93. The molecule has 1 unspecified atom stereocenters. The van der Waals surface area contributed by atoms with E-state index < -0.39 is 50.6 Å². The Balaban J connectivity index is 1.83. The lowest BCUT2D eigenvalue weighted by molar-refractivity contribution is 0.00462. The number of fused-ring (bicyclic) bond motifs is 1. The molecule has 8 nitrogen and oxygen atoms in total. The summed E-state index contributed by atoms with van der Waals surface area (Å²) < 4.78 is 77.3. The number of halogens is 3. The quantitative estimate of drug-likeness (QED) is 0.401. The largest absolute Gasteiger partial charge is 0.420 e. The first-order chi connectivity index (χ1) is 15.6. The number of nitrogens with one attached hydrogen (secondary N) is 1. The molecule has 0 aliphatic rings. The van der Waals surface area contributed by atoms with E-state index in [2.05, 4.69) is 9.71 Å². The average molecular weight is 499 g/mol. The summed E-state index contributed by atoms with van der Waals surface area (Å²) in [6.45, 7) is 0.522. The van der Waals surface area contributed by atoms with Gasteiger partial charge in [0.15, 0.2) is 16.5 Å². The van der Waals surface area contributed by atoms with E-state index in [4.69, 9.17) is 10.2 Å². The van der Waals surface area contributed by atoms with Gasteiger partial charge in [0.25, 0.3) is 15.9 Å². The second-order valence-corrected chi connectivity index (χ2v) is 9.62. The Morgan fingerprint density at radius 3 is 2.67 bits per heavy atom. The number of aromatic nitrogens is 2. The van der Waals surface area contributed by atoms with Gasteiger partial charge < -0.3 is 10.2 Å². The fourth-order valence-corrected chi connectivity index (χ4v) is 5.37. The number of nitrogens with two attached hydrogens (primary N) is 1. The van der Waals surface area contributed by atoms with Gasteiger partial charge in [-0.25, -0.2) is 22.6 Å². The maximum Gasteiger partial charge on any atom is 0.420 e. The number of sulfonamides is 1. The molecule has 2 aromatic carbocycles. The summed E-state index contributed by atoms with van der Waals surface area (Å²) in [7, 11) is -4.37. The minimum Gasteiger partial charge on any atom is -0.404 e. The number of rotatable bonds is 7. The zero-order valence-electron chi connectivity index (χ0n) is 17.0. The summed E-state index contributed by atoms with van der Waals surface area (Å²) in [5.74, 6) is -5.69. The van der Waals surface area contributed by atoms with E-state index >= 15 is 4.39 Å². The molecule has 2 heterocycles. The number of nitrogens with zero attached hydrogens (tertiary/aromatic N) is 2. The Hall–Kier alpha value is -3.16. The molecule has 0 spiro atoms. The third kappa shape index (κ3) is 4.03. The molecule has 174 valence electrons. The van der Waals surface area contributed by atoms with Crippen molar-refractivity contribution < 1.29 is 26.0 Å². The topological polar surface area (TPSA) is 120 Å². The summed E-state index contributed by atoms with van der Waals surface area (Å²) in [6, 6.07) is 6.68. The minimum atomic E-state index is -4.37. The number of hydrogen-bond donors (Lipinski definition) is 2. The monoisotopic (exact) mass is 498 g/mol. The second-order valence-electron chi connectivity index (χ2n) is 7.08. The number of oxazole rings is 1. The molecule has 4 aromatic rings. The van der Waals surface area contributed by atoms with Crippen molar-refractivity contribution in [1.82, 2.24) is 9.55 Å². The molecule has 13 heteroatoms. The standard InChI is InChI=1S/C20H17F3N4O4S2/c1-11(12-4-2-3-5-13(12)20(22,23)10-24)27-14-6-7-15(16(21)17(14)31-19(27)28)33(29,30)26-18-25-8-9-32-18/h2-9,11H,10,24H2,1H3,(H,25,26). The molecule has 0 saturated heterocycles. The van der Waals surface area contributed by atoms with Gasteiger partial charge in [0, 0.05) is 17.1 Å². The third-order valence-electron chi connectivity index (χ3n) is 5.08. The summed E-state index contributed by atoms with van der Waals surface area (Å²) in [4.78, 5) is 15.6. The average Bonchev–Trinajstić information content (AvgIpc) is 3.40. The van der Waals surface area contributed by atoms with E-state index in [1.165, 1.54) is 48.8 Å². The Bertz CT molecular complexity index is 1480. The molecule has 0 fully saturated rings. The molecular weight excluding hydrogens is 481 g/mol. The smallest absolute Gasteiger partial charge is 0.404 e. The van der Waals surface area contributed by atoms with E-state index in [9.17, 15) is 22.0 Å². The zero-order chi connectivity index (χ0) is 24.0. The Morgan fingerprint density at radius 2 is 2.00 bits per heavy atom. The van der Waals surface area contributed by atoms with Crippen LogP contribution >= 0.6 is 11.3 Å². The van der Waals surface area contributed by atoms with Gasteiger partial charge >= 0.3 is 5.76 Å². The first-order valence-electron chi connectivity index (χ1n) is 9.50. The minimum absolute atomic E-state index is 0.0274. The molecule has 0 radical (unpaired) electrons. The van der Waals surface area contributed by atoms with E-state index in [-0.39, 0.29) is 21.8 Å². The molecule has 0 aliphatic heterocycles. The highest BCUT2D eigenvalue weighted by Crippen LogP contribution is 2.35. The molecule has 3 N–H and O–H groups in total. The van der Waals surface area contributed by atoms with Gasteiger partial charge in [-0.3, -0.25) is 9.29 Å². The molecule has 0 bridgehead atoms. The van der Waals surface area contributed by atoms with Crippen LogP contribution in [0.15, 0.2) is 62.1 Å². The summed E-state index contributed by atoms with van der Waals surface area (Å²) in [5, 5.41) is 1.56. The Morgan fingerprint density at radius 1 is 1.27 bits per heavy atom. The maximum absolute atomic E-state index is 15.2. The second kappa shape index (κ2) is 8.32. The van der Waals surface area contributed by atoms with Crippen LogP contribution in [0, 0.1) is 5.82 Å². The first kappa shape index (κ1) is 23.0. The van der Waals surface area contributed by atoms with Gasteiger partial charge in [-0.1, -0.05) is 24.3 Å². The SMILES string of the molecule is CC(c1ccccc1C(F)(F)CN)n1c(=O)oc2c(F)c(S(=O)(=O)Nc3nccs3)ccc21. The van der Waals surface area contributed by atoms with Crippen molar-refractivity contribution in [3.63, 3.8) is 0 Å². The van der Waals surface area contributed by atoms with Crippen molar-refractivity contribution in [3.05, 3.63) is 75.5 Å². The van der Waals surface area contributed by atoms with E-state index in [1.807, 2.05) is 0 Å². The third-order valence-corrected chi connectivity index (χ3v) is 7.25. The van der Waals surface area contributed by atoms with Crippen molar-refractivity contribution in [2.24, 2.45) is 5.73 Å². The lowest BCUT2D eigenvalue weighted by Crippen LogP contribution is -2.28. The van der Waals surface area contributed by atoms with E-state index in [0.29, 0.717) is 0 Å². The Kier molecular flexibility index (Phi) is 5.80. The normalized spacial score (nSPS) is 13.4. The number of benzene rings is 2. The fraction of sp³-hybridized carbons (Fsp3) is 0.200. The van der Waals surface area contributed by atoms with Crippen LogP contribution in [-0.2, 0) is 15.9 Å². The van der Waals surface area contributed by atoms with Crippen molar-refractivity contribution in [1.29, 1.82) is 0 Å². The molecule has 4 rings (SSSR count). The van der Waals surface area contributed by atoms with Crippen molar-refractivity contribution in [3.8, 4) is 0 Å². The van der Waals surface area contributed by atoms with Crippen molar-refractivity contribution in [2.75, 3.05) is 11.3 Å². The van der Waals surface area contributed by atoms with Crippen LogP contribution in [0.1, 0.15) is 24.1 Å². The van der Waals surface area contributed by atoms with Crippen LogP contribution in [0.3, 0.4) is 0 Å². The van der Waals surface area contributed by atoms with Crippen LogP contribution in [0.25, 0.3) is 11.1 Å². The molecular formula is C20H17F3N4O4S2. The first-order valence-corrected chi connectivity index (χ1v) is 11.9. The molecule has 0 amide bonds. The van der Waals surface area contributed by atoms with Gasteiger partial charge in [-0.05, 0) is 24.6 Å². The predicted octanol–water partition coefficient (Wildman–Crippen LogP) is 3.65.